The number of carbonyl (C=O) groups is 1. The van der Waals surface area contributed by atoms with E-state index < -0.39 is 0 Å². The zero-order valence-electron chi connectivity index (χ0n) is 11.1. The second-order valence-electron chi connectivity index (χ2n) is 4.18. The van der Waals surface area contributed by atoms with E-state index in [0.29, 0.717) is 0 Å². The molecule has 1 heterocycles. The van der Waals surface area contributed by atoms with Gasteiger partial charge < -0.3 is 10.1 Å². The Hall–Kier alpha value is -1.81. The summed E-state index contributed by atoms with van der Waals surface area (Å²) in [5, 5.41) is 4.96. The lowest BCUT2D eigenvalue weighted by Gasteiger charge is -2.17. The molecular weight excluding hydrogens is 258 g/mol. The van der Waals surface area contributed by atoms with Gasteiger partial charge in [0, 0.05) is 0 Å². The van der Waals surface area contributed by atoms with Gasteiger partial charge in [0.1, 0.15) is 5.75 Å². The van der Waals surface area contributed by atoms with Crippen LogP contribution < -0.4 is 10.1 Å². The van der Waals surface area contributed by atoms with Crippen LogP contribution in [-0.2, 0) is 0 Å². The van der Waals surface area contributed by atoms with E-state index >= 15 is 0 Å². The fourth-order valence-electron chi connectivity index (χ4n) is 1.89. The van der Waals surface area contributed by atoms with Crippen molar-refractivity contribution in [2.75, 3.05) is 7.11 Å². The van der Waals surface area contributed by atoms with Crippen LogP contribution in [0.15, 0.2) is 41.8 Å². The first-order valence-electron chi connectivity index (χ1n) is 6.23. The van der Waals surface area contributed by atoms with Crippen molar-refractivity contribution in [3.8, 4) is 5.75 Å². The summed E-state index contributed by atoms with van der Waals surface area (Å²) in [6.45, 7) is 2.06. The Bertz CT molecular complexity index is 520. The normalized spacial score (nSPS) is 11.9. The minimum absolute atomic E-state index is 0.0160. The molecule has 0 unspecified atom stereocenters. The third kappa shape index (κ3) is 3.35. The van der Waals surface area contributed by atoms with E-state index in [1.807, 2.05) is 41.8 Å². The summed E-state index contributed by atoms with van der Waals surface area (Å²) < 4.78 is 5.14. The summed E-state index contributed by atoms with van der Waals surface area (Å²) in [5.74, 6) is 0.806. The molecule has 3 nitrogen and oxygen atoms in total. The minimum atomic E-state index is -0.0160. The van der Waals surface area contributed by atoms with Crippen molar-refractivity contribution in [3.05, 3.63) is 52.2 Å². The van der Waals surface area contributed by atoms with Gasteiger partial charge >= 0.3 is 0 Å². The van der Waals surface area contributed by atoms with Crippen molar-refractivity contribution in [1.82, 2.24) is 5.32 Å². The quantitative estimate of drug-likeness (QED) is 0.904. The fourth-order valence-corrected chi connectivity index (χ4v) is 2.52. The maximum Gasteiger partial charge on any atom is 0.261 e. The Kier molecular flexibility index (Phi) is 4.58. The molecule has 0 saturated heterocycles. The second-order valence-corrected chi connectivity index (χ2v) is 5.13. The number of rotatable bonds is 5. The zero-order valence-corrected chi connectivity index (χ0v) is 11.9. The number of nitrogens with one attached hydrogen (secondary N) is 1. The molecule has 19 heavy (non-hydrogen) atoms. The summed E-state index contributed by atoms with van der Waals surface area (Å²) >= 11 is 1.45. The van der Waals surface area contributed by atoms with Gasteiger partial charge in [0.05, 0.1) is 18.0 Å². The highest BCUT2D eigenvalue weighted by molar-refractivity contribution is 7.12. The van der Waals surface area contributed by atoms with Gasteiger partial charge in [-0.05, 0) is 35.6 Å². The van der Waals surface area contributed by atoms with Gasteiger partial charge in [0.15, 0.2) is 0 Å². The monoisotopic (exact) mass is 275 g/mol. The molecule has 0 spiro atoms. The average Bonchev–Trinajstić information content (AvgIpc) is 2.99. The minimum Gasteiger partial charge on any atom is -0.497 e. The van der Waals surface area contributed by atoms with Crippen molar-refractivity contribution >= 4 is 17.2 Å². The summed E-state index contributed by atoms with van der Waals surface area (Å²) in [4.78, 5) is 12.8. The first-order chi connectivity index (χ1) is 9.24. The number of ether oxygens (including phenoxy) is 1. The van der Waals surface area contributed by atoms with Gasteiger partial charge in [0.25, 0.3) is 5.91 Å². The second kappa shape index (κ2) is 6.38. The molecule has 0 radical (unpaired) electrons. The highest BCUT2D eigenvalue weighted by atomic mass is 32.1. The largest absolute Gasteiger partial charge is 0.497 e. The Morgan fingerprint density at radius 1 is 1.32 bits per heavy atom. The Balaban J connectivity index is 2.09. The van der Waals surface area contributed by atoms with E-state index in [9.17, 15) is 4.79 Å². The van der Waals surface area contributed by atoms with Crippen molar-refractivity contribution in [2.45, 2.75) is 19.4 Å². The molecule has 2 aromatic rings. The molecule has 100 valence electrons. The Morgan fingerprint density at radius 2 is 2.05 bits per heavy atom. The average molecular weight is 275 g/mol. The molecule has 2 rings (SSSR count). The van der Waals surface area contributed by atoms with Crippen LogP contribution in [0, 0.1) is 0 Å². The smallest absolute Gasteiger partial charge is 0.261 e. The van der Waals surface area contributed by atoms with Crippen molar-refractivity contribution in [3.63, 3.8) is 0 Å². The van der Waals surface area contributed by atoms with Crippen LogP contribution in [0.25, 0.3) is 0 Å². The maximum atomic E-state index is 12.0. The molecule has 1 amide bonds. The van der Waals surface area contributed by atoms with E-state index in [1.54, 1.807) is 7.11 Å². The van der Waals surface area contributed by atoms with E-state index in [1.165, 1.54) is 11.3 Å². The standard InChI is InChI=1S/C15H17NO2S/c1-3-13(11-6-8-12(18-2)9-7-11)16-15(17)14-5-4-10-19-14/h4-10,13H,3H2,1-2H3,(H,16,17)/t13-/m0/s1. The number of hydrogen-bond acceptors (Lipinski definition) is 3. The van der Waals surface area contributed by atoms with Gasteiger partial charge in [-0.1, -0.05) is 25.1 Å². The van der Waals surface area contributed by atoms with Crippen molar-refractivity contribution in [2.24, 2.45) is 0 Å². The summed E-state index contributed by atoms with van der Waals surface area (Å²) in [7, 11) is 1.64. The number of benzene rings is 1. The lowest BCUT2D eigenvalue weighted by Crippen LogP contribution is -2.27. The van der Waals surface area contributed by atoms with Crippen LogP contribution in [0.1, 0.15) is 34.6 Å². The third-order valence-electron chi connectivity index (χ3n) is 2.98. The van der Waals surface area contributed by atoms with Crippen LogP contribution in [0.2, 0.25) is 0 Å². The van der Waals surface area contributed by atoms with Crippen molar-refractivity contribution in [1.29, 1.82) is 0 Å². The summed E-state index contributed by atoms with van der Waals surface area (Å²) in [6, 6.07) is 11.5. The molecule has 1 atom stereocenters. The van der Waals surface area contributed by atoms with Crippen molar-refractivity contribution < 1.29 is 9.53 Å². The molecule has 4 heteroatoms. The Labute approximate surface area is 117 Å². The number of methoxy groups -OCH3 is 1. The molecule has 0 aliphatic carbocycles. The van der Waals surface area contributed by atoms with Crippen LogP contribution in [0.4, 0.5) is 0 Å². The van der Waals surface area contributed by atoms with Gasteiger partial charge in [-0.25, -0.2) is 0 Å². The number of hydrogen-bond donors (Lipinski definition) is 1. The van der Waals surface area contributed by atoms with Gasteiger partial charge in [0.2, 0.25) is 0 Å². The highest BCUT2D eigenvalue weighted by Crippen LogP contribution is 2.21. The van der Waals surface area contributed by atoms with Gasteiger partial charge in [-0.15, -0.1) is 11.3 Å². The maximum absolute atomic E-state index is 12.0. The van der Waals surface area contributed by atoms with E-state index in [0.717, 1.165) is 22.6 Å². The lowest BCUT2D eigenvalue weighted by atomic mass is 10.0. The van der Waals surface area contributed by atoms with Crippen LogP contribution in [0.3, 0.4) is 0 Å². The molecular formula is C15H17NO2S. The first kappa shape index (κ1) is 13.6. The van der Waals surface area contributed by atoms with Crippen LogP contribution in [-0.4, -0.2) is 13.0 Å². The van der Waals surface area contributed by atoms with Gasteiger partial charge in [-0.3, -0.25) is 4.79 Å². The summed E-state index contributed by atoms with van der Waals surface area (Å²) in [5.41, 5.74) is 1.09. The third-order valence-corrected chi connectivity index (χ3v) is 3.85. The molecule has 0 aliphatic heterocycles. The Morgan fingerprint density at radius 3 is 2.58 bits per heavy atom. The highest BCUT2D eigenvalue weighted by Gasteiger charge is 2.14. The first-order valence-corrected chi connectivity index (χ1v) is 7.11. The van der Waals surface area contributed by atoms with E-state index in [4.69, 9.17) is 4.74 Å². The van der Waals surface area contributed by atoms with E-state index in [-0.39, 0.29) is 11.9 Å². The van der Waals surface area contributed by atoms with Crippen LogP contribution in [0.5, 0.6) is 5.75 Å². The fraction of sp³-hybridized carbons (Fsp3) is 0.267. The topological polar surface area (TPSA) is 38.3 Å². The lowest BCUT2D eigenvalue weighted by molar-refractivity contribution is 0.0939. The molecule has 0 fully saturated rings. The molecule has 1 N–H and O–H groups in total. The number of amides is 1. The zero-order chi connectivity index (χ0) is 13.7. The predicted octanol–water partition coefficient (Wildman–Crippen LogP) is 3.64. The van der Waals surface area contributed by atoms with Gasteiger partial charge in [-0.2, -0.15) is 0 Å². The SMILES string of the molecule is CC[C@H](NC(=O)c1cccs1)c1ccc(OC)cc1. The number of carbonyl (C=O) groups excluding carboxylic acids is 1. The summed E-state index contributed by atoms with van der Waals surface area (Å²) in [6.07, 6.45) is 0.851. The van der Waals surface area contributed by atoms with E-state index in [2.05, 4.69) is 12.2 Å². The molecule has 1 aromatic heterocycles. The molecule has 0 saturated carbocycles. The molecule has 0 aliphatic rings. The molecule has 0 bridgehead atoms. The van der Waals surface area contributed by atoms with Crippen LogP contribution >= 0.6 is 11.3 Å². The molecule has 1 aromatic carbocycles. The predicted molar refractivity (Wildman–Crippen MR) is 77.8 cm³/mol. The number of thiophene rings is 1.